The molecule has 3 saturated heterocycles. The van der Waals surface area contributed by atoms with Crippen LogP contribution in [0.3, 0.4) is 0 Å². The second kappa shape index (κ2) is 10.8. The molecule has 0 aliphatic carbocycles. The van der Waals surface area contributed by atoms with Crippen LogP contribution in [0.25, 0.3) is 0 Å². The van der Waals surface area contributed by atoms with Crippen molar-refractivity contribution in [3.8, 4) is 0 Å². The molecule has 3 fully saturated rings. The fraction of sp³-hybridized carbons (Fsp3) is 0.444. The van der Waals surface area contributed by atoms with Crippen LogP contribution in [0.4, 0.5) is 9.59 Å². The zero-order valence-electron chi connectivity index (χ0n) is 20.2. The molecule has 2 aromatic carbocycles. The summed E-state index contributed by atoms with van der Waals surface area (Å²) in [5.74, 6) is 0.269. The Labute approximate surface area is 216 Å². The molecule has 3 aliphatic heterocycles. The molecule has 0 saturated carbocycles. The largest absolute Gasteiger partial charge is 0.341 e. The first-order chi connectivity index (χ1) is 17.5. The molecule has 3 heterocycles. The molecule has 1 unspecified atom stereocenters. The molecule has 0 bridgehead atoms. The van der Waals surface area contributed by atoms with E-state index in [1.807, 2.05) is 29.2 Å². The van der Waals surface area contributed by atoms with Gasteiger partial charge in [-0.15, -0.1) is 0 Å². The van der Waals surface area contributed by atoms with Crippen LogP contribution in [0.1, 0.15) is 47.9 Å². The highest BCUT2D eigenvalue weighted by atomic mass is 35.5. The molecule has 2 atom stereocenters. The van der Waals surface area contributed by atoms with Crippen LogP contribution in [-0.2, 0) is 11.2 Å². The van der Waals surface area contributed by atoms with Gasteiger partial charge >= 0.3 is 12.1 Å². The minimum Gasteiger partial charge on any atom is -0.341 e. The van der Waals surface area contributed by atoms with E-state index in [-0.39, 0.29) is 24.0 Å². The highest BCUT2D eigenvalue weighted by Gasteiger charge is 2.33. The third-order valence-electron chi connectivity index (χ3n) is 7.48. The first-order valence-corrected chi connectivity index (χ1v) is 13.1. The summed E-state index contributed by atoms with van der Waals surface area (Å²) in [6, 6.07) is 14.7. The van der Waals surface area contributed by atoms with Crippen LogP contribution in [0, 0.1) is 0 Å². The van der Waals surface area contributed by atoms with Gasteiger partial charge < -0.3 is 25.8 Å². The molecular formula is C27H32ClN5O3. The topological polar surface area (TPSA) is 93.8 Å². The van der Waals surface area contributed by atoms with Gasteiger partial charge in [0.05, 0.1) is 6.04 Å². The maximum atomic E-state index is 13.6. The molecule has 2 aromatic rings. The van der Waals surface area contributed by atoms with E-state index in [1.165, 1.54) is 5.56 Å². The smallest absolute Gasteiger partial charge is 0.318 e. The van der Waals surface area contributed by atoms with Gasteiger partial charge in [-0.2, -0.15) is 0 Å². The van der Waals surface area contributed by atoms with Gasteiger partial charge in [0.1, 0.15) is 6.04 Å². The zero-order chi connectivity index (χ0) is 25.1. The van der Waals surface area contributed by atoms with Gasteiger partial charge in [-0.1, -0.05) is 48.0 Å². The lowest BCUT2D eigenvalue weighted by Crippen LogP contribution is -2.56. The summed E-state index contributed by atoms with van der Waals surface area (Å²) in [7, 11) is 0. The second-order valence-corrected chi connectivity index (χ2v) is 10.2. The van der Waals surface area contributed by atoms with Gasteiger partial charge in [0.2, 0.25) is 5.91 Å². The van der Waals surface area contributed by atoms with Crippen molar-refractivity contribution < 1.29 is 14.4 Å². The molecule has 0 aromatic heterocycles. The lowest BCUT2D eigenvalue weighted by atomic mass is 9.84. The maximum Gasteiger partial charge on any atom is 0.318 e. The van der Waals surface area contributed by atoms with Crippen molar-refractivity contribution in [2.75, 3.05) is 32.7 Å². The van der Waals surface area contributed by atoms with Crippen LogP contribution in [-0.4, -0.2) is 66.5 Å². The van der Waals surface area contributed by atoms with Gasteiger partial charge in [-0.3, -0.25) is 4.79 Å². The Bertz CT molecular complexity index is 1110. The van der Waals surface area contributed by atoms with Gasteiger partial charge in [0.15, 0.2) is 0 Å². The van der Waals surface area contributed by atoms with Crippen molar-refractivity contribution in [3.63, 3.8) is 0 Å². The Morgan fingerprint density at radius 2 is 1.67 bits per heavy atom. The highest BCUT2D eigenvalue weighted by molar-refractivity contribution is 6.30. The van der Waals surface area contributed by atoms with E-state index in [9.17, 15) is 14.4 Å². The summed E-state index contributed by atoms with van der Waals surface area (Å²) in [5, 5.41) is 9.46. The average molecular weight is 510 g/mol. The quantitative estimate of drug-likeness (QED) is 0.557. The highest BCUT2D eigenvalue weighted by Crippen LogP contribution is 2.33. The van der Waals surface area contributed by atoms with E-state index in [2.05, 4.69) is 28.1 Å². The Morgan fingerprint density at radius 3 is 2.28 bits per heavy atom. The van der Waals surface area contributed by atoms with E-state index < -0.39 is 6.04 Å². The third kappa shape index (κ3) is 5.43. The number of piperidine rings is 1. The van der Waals surface area contributed by atoms with Crippen LogP contribution >= 0.6 is 11.6 Å². The number of hydrogen-bond donors (Lipinski definition) is 3. The fourth-order valence-corrected chi connectivity index (χ4v) is 5.42. The summed E-state index contributed by atoms with van der Waals surface area (Å²) in [6.07, 6.45) is 3.10. The molecule has 5 rings (SSSR count). The van der Waals surface area contributed by atoms with Crippen LogP contribution in [0.2, 0.25) is 5.02 Å². The van der Waals surface area contributed by atoms with E-state index in [4.69, 9.17) is 11.6 Å². The fourth-order valence-electron chi connectivity index (χ4n) is 5.29. The lowest BCUT2D eigenvalue weighted by molar-refractivity contribution is -0.134. The van der Waals surface area contributed by atoms with Crippen LogP contribution in [0.5, 0.6) is 0 Å². The molecule has 9 heteroatoms. The number of carbonyl (C=O) groups excluding carboxylic acids is 3. The van der Waals surface area contributed by atoms with Crippen LogP contribution < -0.4 is 16.0 Å². The standard InChI is InChI=1S/C27H32ClN5O3/c28-20-8-6-18(7-9-20)16-23(31-27(36)33-12-3-13-33)25(34)32-14-10-19(11-15-32)21-4-1-2-5-22(21)24-17-29-26(35)30-24/h1-2,4-9,19,23-24H,3,10-17H2,(H,31,36)(H2,29,30,35)/t23-,24?/m1/s1. The number of rotatable bonds is 6. The Balaban J connectivity index is 1.25. The van der Waals surface area contributed by atoms with Crippen molar-refractivity contribution in [2.24, 2.45) is 0 Å². The SMILES string of the molecule is O=C1NCC(c2ccccc2C2CCN(C(=O)[C@@H](Cc3ccc(Cl)cc3)NC(=O)N3CCC3)CC2)N1. The van der Waals surface area contributed by atoms with Crippen molar-refractivity contribution in [3.05, 3.63) is 70.2 Å². The summed E-state index contributed by atoms with van der Waals surface area (Å²) in [5.41, 5.74) is 3.34. The monoisotopic (exact) mass is 509 g/mol. The van der Waals surface area contributed by atoms with Gasteiger partial charge in [-0.25, -0.2) is 9.59 Å². The molecule has 3 N–H and O–H groups in total. The Hall–Kier alpha value is -3.26. The number of amides is 5. The normalized spacial score (nSPS) is 20.8. The predicted octanol–water partition coefficient (Wildman–Crippen LogP) is 3.43. The van der Waals surface area contributed by atoms with E-state index in [1.54, 1.807) is 17.0 Å². The summed E-state index contributed by atoms with van der Waals surface area (Å²) < 4.78 is 0. The molecule has 0 spiro atoms. The molecular weight excluding hydrogens is 478 g/mol. The first-order valence-electron chi connectivity index (χ1n) is 12.7. The van der Waals surface area contributed by atoms with Crippen molar-refractivity contribution in [2.45, 2.75) is 43.7 Å². The molecule has 5 amide bonds. The molecule has 0 radical (unpaired) electrons. The molecule has 36 heavy (non-hydrogen) atoms. The summed E-state index contributed by atoms with van der Waals surface area (Å²) in [4.78, 5) is 41.6. The number of nitrogens with one attached hydrogen (secondary N) is 3. The number of likely N-dealkylation sites (tertiary alicyclic amines) is 2. The van der Waals surface area contributed by atoms with Gasteiger partial charge in [0.25, 0.3) is 0 Å². The number of nitrogens with zero attached hydrogens (tertiary/aromatic N) is 2. The van der Waals surface area contributed by atoms with Crippen molar-refractivity contribution >= 4 is 29.6 Å². The second-order valence-electron chi connectivity index (χ2n) is 9.81. The van der Waals surface area contributed by atoms with Crippen molar-refractivity contribution in [1.29, 1.82) is 0 Å². The Kier molecular flexibility index (Phi) is 7.32. The molecule has 8 nitrogen and oxygen atoms in total. The summed E-state index contributed by atoms with van der Waals surface area (Å²) in [6.45, 7) is 3.30. The lowest BCUT2D eigenvalue weighted by Gasteiger charge is -2.37. The van der Waals surface area contributed by atoms with E-state index in [0.717, 1.165) is 43.5 Å². The van der Waals surface area contributed by atoms with E-state index in [0.29, 0.717) is 37.0 Å². The van der Waals surface area contributed by atoms with Crippen molar-refractivity contribution in [1.82, 2.24) is 25.8 Å². The van der Waals surface area contributed by atoms with Gasteiger partial charge in [-0.05, 0) is 54.0 Å². The first kappa shape index (κ1) is 24.4. The number of hydrogen-bond acceptors (Lipinski definition) is 3. The third-order valence-corrected chi connectivity index (χ3v) is 7.73. The number of benzene rings is 2. The summed E-state index contributed by atoms with van der Waals surface area (Å²) >= 11 is 6.03. The number of carbonyl (C=O) groups is 3. The van der Waals surface area contributed by atoms with Crippen LogP contribution in [0.15, 0.2) is 48.5 Å². The maximum absolute atomic E-state index is 13.6. The molecule has 190 valence electrons. The molecule has 3 aliphatic rings. The van der Waals surface area contributed by atoms with E-state index >= 15 is 0 Å². The predicted molar refractivity (Wildman–Crippen MR) is 138 cm³/mol. The number of halogens is 1. The van der Waals surface area contributed by atoms with Gasteiger partial charge in [0, 0.05) is 44.2 Å². The minimum absolute atomic E-state index is 0.0335. The Morgan fingerprint density at radius 1 is 0.972 bits per heavy atom. The zero-order valence-corrected chi connectivity index (χ0v) is 21.0. The number of urea groups is 2. The average Bonchev–Trinajstić information content (AvgIpc) is 3.29. The minimum atomic E-state index is -0.622.